The minimum absolute atomic E-state index is 0.815. The van der Waals surface area contributed by atoms with Crippen LogP contribution in [0.4, 0.5) is 0 Å². The van der Waals surface area contributed by atoms with E-state index in [4.69, 9.17) is 5.26 Å². The maximum Gasteiger partial charge on any atom is 0.0919 e. The second-order valence-corrected chi connectivity index (χ2v) is 3.27. The van der Waals surface area contributed by atoms with Crippen LogP contribution < -0.4 is 0 Å². The SMILES string of the molecule is N#CC=C(c1ccccc1)c1ccccn1. The van der Waals surface area contributed by atoms with Crippen LogP contribution in [-0.4, -0.2) is 4.98 Å². The van der Waals surface area contributed by atoms with Gasteiger partial charge in [0.25, 0.3) is 0 Å². The molecule has 16 heavy (non-hydrogen) atoms. The van der Waals surface area contributed by atoms with Gasteiger partial charge in [-0.15, -0.1) is 0 Å². The highest BCUT2D eigenvalue weighted by Crippen LogP contribution is 2.20. The van der Waals surface area contributed by atoms with E-state index in [9.17, 15) is 0 Å². The maximum atomic E-state index is 8.81. The third kappa shape index (κ3) is 2.15. The smallest absolute Gasteiger partial charge is 0.0919 e. The van der Waals surface area contributed by atoms with Crippen molar-refractivity contribution in [2.24, 2.45) is 0 Å². The molecule has 2 aromatic rings. The summed E-state index contributed by atoms with van der Waals surface area (Å²) in [5.41, 5.74) is 2.67. The van der Waals surface area contributed by atoms with E-state index in [0.29, 0.717) is 0 Å². The van der Waals surface area contributed by atoms with Crippen molar-refractivity contribution in [1.82, 2.24) is 4.98 Å². The summed E-state index contributed by atoms with van der Waals surface area (Å²) in [5, 5.41) is 8.81. The lowest BCUT2D eigenvalue weighted by atomic mass is 10.0. The highest BCUT2D eigenvalue weighted by Gasteiger charge is 2.04. The fraction of sp³-hybridized carbons (Fsp3) is 0. The number of pyridine rings is 1. The number of allylic oxidation sites excluding steroid dienone is 1. The van der Waals surface area contributed by atoms with Crippen molar-refractivity contribution >= 4 is 5.57 Å². The van der Waals surface area contributed by atoms with E-state index in [1.807, 2.05) is 48.5 Å². The summed E-state index contributed by atoms with van der Waals surface area (Å²) < 4.78 is 0. The van der Waals surface area contributed by atoms with Gasteiger partial charge in [-0.25, -0.2) is 0 Å². The van der Waals surface area contributed by atoms with Crippen LogP contribution >= 0.6 is 0 Å². The van der Waals surface area contributed by atoms with Crippen LogP contribution in [0.1, 0.15) is 11.3 Å². The van der Waals surface area contributed by atoms with Gasteiger partial charge in [-0.1, -0.05) is 36.4 Å². The van der Waals surface area contributed by atoms with E-state index in [0.717, 1.165) is 16.8 Å². The molecule has 0 radical (unpaired) electrons. The zero-order chi connectivity index (χ0) is 11.2. The van der Waals surface area contributed by atoms with Crippen molar-refractivity contribution in [1.29, 1.82) is 5.26 Å². The Morgan fingerprint density at radius 2 is 1.81 bits per heavy atom. The number of hydrogen-bond acceptors (Lipinski definition) is 2. The summed E-state index contributed by atoms with van der Waals surface area (Å²) in [4.78, 5) is 4.25. The Morgan fingerprint density at radius 1 is 1.06 bits per heavy atom. The lowest BCUT2D eigenvalue weighted by molar-refractivity contribution is 1.27. The first-order valence-electron chi connectivity index (χ1n) is 4.98. The molecule has 1 heterocycles. The summed E-state index contributed by atoms with van der Waals surface area (Å²) in [7, 11) is 0. The minimum Gasteiger partial charge on any atom is -0.256 e. The van der Waals surface area contributed by atoms with E-state index in [1.165, 1.54) is 6.08 Å². The lowest BCUT2D eigenvalue weighted by Crippen LogP contribution is -1.90. The molecule has 0 amide bonds. The van der Waals surface area contributed by atoms with E-state index >= 15 is 0 Å². The molecule has 2 nitrogen and oxygen atoms in total. The number of rotatable bonds is 2. The van der Waals surface area contributed by atoms with Gasteiger partial charge in [0.15, 0.2) is 0 Å². The molecule has 0 aliphatic carbocycles. The van der Waals surface area contributed by atoms with Crippen LogP contribution in [0.2, 0.25) is 0 Å². The molecule has 0 unspecified atom stereocenters. The minimum atomic E-state index is 0.815. The summed E-state index contributed by atoms with van der Waals surface area (Å²) in [6.45, 7) is 0. The fourth-order valence-corrected chi connectivity index (χ4v) is 1.51. The molecule has 76 valence electrons. The third-order valence-electron chi connectivity index (χ3n) is 2.23. The molecule has 0 aliphatic rings. The molecule has 0 saturated carbocycles. The van der Waals surface area contributed by atoms with Crippen LogP contribution in [-0.2, 0) is 0 Å². The number of nitrogens with zero attached hydrogens (tertiary/aromatic N) is 2. The van der Waals surface area contributed by atoms with E-state index < -0.39 is 0 Å². The highest BCUT2D eigenvalue weighted by atomic mass is 14.7. The van der Waals surface area contributed by atoms with E-state index in [1.54, 1.807) is 6.20 Å². The van der Waals surface area contributed by atoms with Gasteiger partial charge in [-0.05, 0) is 17.7 Å². The number of aromatic nitrogens is 1. The lowest BCUT2D eigenvalue weighted by Gasteiger charge is -2.04. The molecular formula is C14H10N2. The second kappa shape index (κ2) is 4.90. The molecule has 1 aromatic heterocycles. The molecule has 0 N–H and O–H groups in total. The first-order chi connectivity index (χ1) is 7.92. The molecule has 0 aliphatic heterocycles. The zero-order valence-electron chi connectivity index (χ0n) is 8.67. The van der Waals surface area contributed by atoms with Crippen molar-refractivity contribution in [2.45, 2.75) is 0 Å². The number of benzene rings is 1. The first-order valence-corrected chi connectivity index (χ1v) is 4.98. The summed E-state index contributed by atoms with van der Waals surface area (Å²) in [5.74, 6) is 0. The standard InChI is InChI=1S/C14H10N2/c15-10-9-13(12-6-2-1-3-7-12)14-8-4-5-11-16-14/h1-9,11H. The van der Waals surface area contributed by atoms with Gasteiger partial charge in [0.2, 0.25) is 0 Å². The van der Waals surface area contributed by atoms with Crippen molar-refractivity contribution in [3.05, 3.63) is 72.1 Å². The van der Waals surface area contributed by atoms with Gasteiger partial charge in [0.05, 0.1) is 11.8 Å². The molecule has 0 atom stereocenters. The summed E-state index contributed by atoms with van der Waals surface area (Å²) >= 11 is 0. The molecule has 0 saturated heterocycles. The van der Waals surface area contributed by atoms with Gasteiger partial charge < -0.3 is 0 Å². The monoisotopic (exact) mass is 206 g/mol. The molecule has 0 bridgehead atoms. The topological polar surface area (TPSA) is 36.7 Å². The molecule has 2 heteroatoms. The fourth-order valence-electron chi connectivity index (χ4n) is 1.51. The van der Waals surface area contributed by atoms with Crippen LogP contribution in [0.5, 0.6) is 0 Å². The van der Waals surface area contributed by atoms with Gasteiger partial charge in [-0.3, -0.25) is 4.98 Å². The largest absolute Gasteiger partial charge is 0.256 e. The highest BCUT2D eigenvalue weighted by molar-refractivity contribution is 5.79. The van der Waals surface area contributed by atoms with Gasteiger partial charge >= 0.3 is 0 Å². The molecular weight excluding hydrogens is 196 g/mol. The van der Waals surface area contributed by atoms with E-state index in [-0.39, 0.29) is 0 Å². The van der Waals surface area contributed by atoms with Crippen LogP contribution in [0, 0.1) is 11.3 Å². The maximum absolute atomic E-state index is 8.81. The third-order valence-corrected chi connectivity index (χ3v) is 2.23. The predicted molar refractivity (Wildman–Crippen MR) is 63.4 cm³/mol. The predicted octanol–water partition coefficient (Wildman–Crippen LogP) is 3.04. The summed E-state index contributed by atoms with van der Waals surface area (Å²) in [6.07, 6.45) is 3.25. The van der Waals surface area contributed by atoms with Gasteiger partial charge in [0.1, 0.15) is 0 Å². The Balaban J connectivity index is 2.50. The van der Waals surface area contributed by atoms with Gasteiger partial charge in [0, 0.05) is 17.8 Å². The number of nitriles is 1. The Bertz CT molecular complexity index is 480. The normalized spacial score (nSPS) is 10.8. The van der Waals surface area contributed by atoms with Crippen molar-refractivity contribution in [3.63, 3.8) is 0 Å². The van der Waals surface area contributed by atoms with Crippen molar-refractivity contribution in [2.75, 3.05) is 0 Å². The Morgan fingerprint density at radius 3 is 2.44 bits per heavy atom. The zero-order valence-corrected chi connectivity index (χ0v) is 8.67. The summed E-state index contributed by atoms with van der Waals surface area (Å²) in [6, 6.07) is 17.5. The molecule has 1 aromatic carbocycles. The average molecular weight is 206 g/mol. The van der Waals surface area contributed by atoms with Gasteiger partial charge in [-0.2, -0.15) is 5.26 Å². The number of hydrogen-bond donors (Lipinski definition) is 0. The Labute approximate surface area is 94.5 Å². The van der Waals surface area contributed by atoms with Crippen molar-refractivity contribution in [3.8, 4) is 6.07 Å². The Kier molecular flexibility index (Phi) is 3.10. The average Bonchev–Trinajstić information content (AvgIpc) is 2.38. The van der Waals surface area contributed by atoms with Crippen LogP contribution in [0.25, 0.3) is 5.57 Å². The molecule has 0 fully saturated rings. The molecule has 0 spiro atoms. The van der Waals surface area contributed by atoms with Crippen LogP contribution in [0.15, 0.2) is 60.8 Å². The van der Waals surface area contributed by atoms with Crippen molar-refractivity contribution < 1.29 is 0 Å². The van der Waals surface area contributed by atoms with Crippen LogP contribution in [0.3, 0.4) is 0 Å². The second-order valence-electron chi connectivity index (χ2n) is 3.27. The van der Waals surface area contributed by atoms with E-state index in [2.05, 4.69) is 11.1 Å². The quantitative estimate of drug-likeness (QED) is 0.708. The first kappa shape index (κ1) is 10.1. The molecule has 2 rings (SSSR count). The Hall–Kier alpha value is -2.40.